The number of oxazole rings is 1. The van der Waals surface area contributed by atoms with Crippen molar-refractivity contribution < 1.29 is 18.7 Å². The summed E-state index contributed by atoms with van der Waals surface area (Å²) >= 11 is 1.20. The summed E-state index contributed by atoms with van der Waals surface area (Å²) in [6.07, 6.45) is 0. The maximum absolute atomic E-state index is 12.2. The van der Waals surface area contributed by atoms with Crippen LogP contribution in [0, 0.1) is 18.3 Å². The van der Waals surface area contributed by atoms with Crippen molar-refractivity contribution in [2.45, 2.75) is 19.4 Å². The molecule has 26 heavy (non-hydrogen) atoms. The highest BCUT2D eigenvalue weighted by molar-refractivity contribution is 7.09. The Labute approximate surface area is 151 Å². The molecule has 2 heterocycles. The van der Waals surface area contributed by atoms with E-state index < -0.39 is 36.6 Å². The van der Waals surface area contributed by atoms with E-state index in [-0.39, 0.29) is 0 Å². The third kappa shape index (κ3) is 3.55. The third-order valence-electron chi connectivity index (χ3n) is 3.57. The zero-order valence-electron chi connectivity index (χ0n) is 13.7. The number of aromatic nitrogens is 2. The van der Waals surface area contributed by atoms with Gasteiger partial charge in [-0.3, -0.25) is 14.2 Å². The molecule has 0 saturated heterocycles. The first-order valence-corrected chi connectivity index (χ1v) is 8.46. The molecule has 3 rings (SSSR count). The average molecular weight is 371 g/mol. The summed E-state index contributed by atoms with van der Waals surface area (Å²) in [7, 11) is 0. The molecule has 132 valence electrons. The summed E-state index contributed by atoms with van der Waals surface area (Å²) in [6, 6.07) is 8.52. The molecule has 3 aromatic rings. The summed E-state index contributed by atoms with van der Waals surface area (Å²) < 4.78 is 11.1. The minimum Gasteiger partial charge on any atom is -0.456 e. The fourth-order valence-electron chi connectivity index (χ4n) is 2.34. The van der Waals surface area contributed by atoms with Crippen molar-refractivity contribution in [3.8, 4) is 6.07 Å². The fraction of sp³-hybridized carbons (Fsp3) is 0.235. The Hall–Kier alpha value is -3.25. The van der Waals surface area contributed by atoms with E-state index in [1.54, 1.807) is 36.6 Å². The van der Waals surface area contributed by atoms with Crippen molar-refractivity contribution in [3.63, 3.8) is 0 Å². The normalized spacial score (nSPS) is 11.8. The summed E-state index contributed by atoms with van der Waals surface area (Å²) in [5.41, 5.74) is 1.51. The van der Waals surface area contributed by atoms with E-state index in [0.717, 1.165) is 4.57 Å². The standard InChI is InChI=1S/C17H13N3O5S/c1-10-9-26-16(19-10)11(6-18)13(21)8-24-15(22)7-20-12-4-2-3-5-14(12)25-17(20)23/h2-5,9,11H,7-8H2,1H3. The van der Waals surface area contributed by atoms with Gasteiger partial charge in [-0.15, -0.1) is 11.3 Å². The lowest BCUT2D eigenvalue weighted by Crippen LogP contribution is -2.25. The van der Waals surface area contributed by atoms with Gasteiger partial charge in [0.2, 0.25) is 0 Å². The second kappa shape index (κ2) is 7.33. The van der Waals surface area contributed by atoms with Gasteiger partial charge in [0.25, 0.3) is 0 Å². The highest BCUT2D eigenvalue weighted by Crippen LogP contribution is 2.20. The van der Waals surface area contributed by atoms with Gasteiger partial charge >= 0.3 is 11.7 Å². The Morgan fingerprint density at radius 1 is 1.42 bits per heavy atom. The van der Waals surface area contributed by atoms with Crippen molar-refractivity contribution in [2.75, 3.05) is 6.61 Å². The molecule has 0 fully saturated rings. The van der Waals surface area contributed by atoms with E-state index in [2.05, 4.69) is 4.98 Å². The molecule has 0 spiro atoms. The maximum Gasteiger partial charge on any atom is 0.420 e. The lowest BCUT2D eigenvalue weighted by atomic mass is 10.1. The summed E-state index contributed by atoms with van der Waals surface area (Å²) in [6.45, 7) is 0.794. The second-order valence-electron chi connectivity index (χ2n) is 5.44. The molecule has 2 aromatic heterocycles. The molecule has 0 aliphatic heterocycles. The maximum atomic E-state index is 12.2. The Morgan fingerprint density at radius 3 is 2.88 bits per heavy atom. The highest BCUT2D eigenvalue weighted by atomic mass is 32.1. The van der Waals surface area contributed by atoms with Gasteiger partial charge in [0, 0.05) is 11.1 Å². The minimum atomic E-state index is -1.08. The van der Waals surface area contributed by atoms with E-state index in [1.807, 2.05) is 6.07 Å². The van der Waals surface area contributed by atoms with Crippen LogP contribution in [-0.4, -0.2) is 27.9 Å². The van der Waals surface area contributed by atoms with Crippen LogP contribution in [0.4, 0.5) is 0 Å². The van der Waals surface area contributed by atoms with Crippen LogP contribution in [0.15, 0.2) is 38.9 Å². The first-order chi connectivity index (χ1) is 12.5. The third-order valence-corrected chi connectivity index (χ3v) is 4.60. The lowest BCUT2D eigenvalue weighted by Gasteiger charge is -2.07. The number of aryl methyl sites for hydroxylation is 1. The van der Waals surface area contributed by atoms with E-state index in [9.17, 15) is 19.6 Å². The van der Waals surface area contributed by atoms with Gasteiger partial charge in [-0.25, -0.2) is 9.78 Å². The van der Waals surface area contributed by atoms with Gasteiger partial charge in [0.1, 0.15) is 11.6 Å². The van der Waals surface area contributed by atoms with Crippen molar-refractivity contribution in [1.82, 2.24) is 9.55 Å². The Kier molecular flexibility index (Phi) is 4.95. The molecule has 8 nitrogen and oxygen atoms in total. The number of carbonyl (C=O) groups is 2. The second-order valence-corrected chi connectivity index (χ2v) is 6.33. The lowest BCUT2D eigenvalue weighted by molar-refractivity contribution is -0.148. The number of hydrogen-bond donors (Lipinski definition) is 0. The number of para-hydroxylation sites is 2. The molecule has 9 heteroatoms. The number of benzene rings is 1. The highest BCUT2D eigenvalue weighted by Gasteiger charge is 2.24. The van der Waals surface area contributed by atoms with Crippen LogP contribution in [-0.2, 0) is 20.9 Å². The zero-order chi connectivity index (χ0) is 18.7. The minimum absolute atomic E-state index is 0.352. The van der Waals surface area contributed by atoms with Gasteiger partial charge in [-0.2, -0.15) is 5.26 Å². The molecule has 1 unspecified atom stereocenters. The fourth-order valence-corrected chi connectivity index (χ4v) is 3.20. The van der Waals surface area contributed by atoms with Crippen LogP contribution in [0.3, 0.4) is 0 Å². The van der Waals surface area contributed by atoms with Crippen molar-refractivity contribution in [2.24, 2.45) is 0 Å². The van der Waals surface area contributed by atoms with Crippen LogP contribution < -0.4 is 5.76 Å². The van der Waals surface area contributed by atoms with Crippen molar-refractivity contribution >= 4 is 34.2 Å². The number of nitriles is 1. The SMILES string of the molecule is Cc1csc(C(C#N)C(=O)COC(=O)Cn2c(=O)oc3ccccc32)n1. The molecule has 0 radical (unpaired) electrons. The number of rotatable bonds is 6. The molecule has 0 amide bonds. The number of carbonyl (C=O) groups excluding carboxylic acids is 2. The Balaban J connectivity index is 1.65. The van der Waals surface area contributed by atoms with Gasteiger partial charge < -0.3 is 9.15 Å². The number of esters is 1. The van der Waals surface area contributed by atoms with E-state index in [0.29, 0.717) is 21.8 Å². The molecule has 0 bridgehead atoms. The van der Waals surface area contributed by atoms with Gasteiger partial charge in [0.15, 0.2) is 23.9 Å². The van der Waals surface area contributed by atoms with Crippen LogP contribution in [0.2, 0.25) is 0 Å². The van der Waals surface area contributed by atoms with Crippen molar-refractivity contribution in [3.05, 3.63) is 50.9 Å². The molecule has 0 saturated carbocycles. The average Bonchev–Trinajstić information content (AvgIpc) is 3.18. The van der Waals surface area contributed by atoms with E-state index in [4.69, 9.17) is 9.15 Å². The molecule has 0 aliphatic rings. The quantitative estimate of drug-likeness (QED) is 0.606. The van der Waals surface area contributed by atoms with Gasteiger partial charge in [-0.1, -0.05) is 12.1 Å². The topological polar surface area (TPSA) is 115 Å². The summed E-state index contributed by atoms with van der Waals surface area (Å²) in [4.78, 5) is 40.1. The predicted octanol–water partition coefficient (Wildman–Crippen LogP) is 1.78. The number of ketones is 1. The molecule has 0 N–H and O–H groups in total. The number of ether oxygens (including phenoxy) is 1. The summed E-state index contributed by atoms with van der Waals surface area (Å²) in [5, 5.41) is 11.3. The number of thiazole rings is 1. The monoisotopic (exact) mass is 371 g/mol. The smallest absolute Gasteiger partial charge is 0.420 e. The predicted molar refractivity (Wildman–Crippen MR) is 91.6 cm³/mol. The molecule has 1 atom stereocenters. The number of fused-ring (bicyclic) bond motifs is 1. The zero-order valence-corrected chi connectivity index (χ0v) is 14.5. The first-order valence-electron chi connectivity index (χ1n) is 7.58. The van der Waals surface area contributed by atoms with Crippen molar-refractivity contribution in [1.29, 1.82) is 5.26 Å². The van der Waals surface area contributed by atoms with E-state index >= 15 is 0 Å². The Morgan fingerprint density at radius 2 is 2.19 bits per heavy atom. The number of Topliss-reactive ketones (excluding diaryl/α,β-unsaturated/α-hetero) is 1. The van der Waals surface area contributed by atoms with Crippen LogP contribution in [0.25, 0.3) is 11.1 Å². The first kappa shape index (κ1) is 17.6. The van der Waals surface area contributed by atoms with Crippen LogP contribution >= 0.6 is 11.3 Å². The van der Waals surface area contributed by atoms with Crippen LogP contribution in [0.1, 0.15) is 16.6 Å². The molecular weight excluding hydrogens is 358 g/mol. The number of hydrogen-bond acceptors (Lipinski definition) is 8. The Bertz CT molecular complexity index is 1070. The number of nitrogens with zero attached hydrogens (tertiary/aromatic N) is 3. The van der Waals surface area contributed by atoms with Crippen LogP contribution in [0.5, 0.6) is 0 Å². The van der Waals surface area contributed by atoms with Gasteiger partial charge in [-0.05, 0) is 19.1 Å². The summed E-state index contributed by atoms with van der Waals surface area (Å²) in [5.74, 6) is -3.12. The molecule has 1 aromatic carbocycles. The van der Waals surface area contributed by atoms with E-state index in [1.165, 1.54) is 11.3 Å². The largest absolute Gasteiger partial charge is 0.456 e. The van der Waals surface area contributed by atoms with Gasteiger partial charge in [0.05, 0.1) is 11.6 Å². The molecular formula is C17H13N3O5S. The molecule has 0 aliphatic carbocycles.